The number of nitrogens with zero attached hydrogens (tertiary/aromatic N) is 4. The number of ether oxygens (including phenoxy) is 1. The number of anilines is 3. The molecule has 3 N–H and O–H groups in total. The molecule has 2 aromatic heterocycles. The molecule has 190 valence electrons. The van der Waals surface area contributed by atoms with Crippen molar-refractivity contribution in [3.8, 4) is 22.9 Å². The molecule has 11 heteroatoms. The Balaban J connectivity index is 0.00000156. The normalized spacial score (nSPS) is 11.0. The second-order valence-electron chi connectivity index (χ2n) is 7.47. The number of H-pyrrole nitrogens is 1. The van der Waals surface area contributed by atoms with Crippen molar-refractivity contribution >= 4 is 28.5 Å². The molecule has 0 radical (unpaired) electrons. The Hall–Kier alpha value is -4.67. The van der Waals surface area contributed by atoms with E-state index in [9.17, 15) is 13.2 Å². The fraction of sp³-hybridized carbons (Fsp3) is 0.154. The Labute approximate surface area is 211 Å². The van der Waals surface area contributed by atoms with Gasteiger partial charge < -0.3 is 15.4 Å². The molecule has 37 heavy (non-hydrogen) atoms. The molecule has 8 nitrogen and oxygen atoms in total. The van der Waals surface area contributed by atoms with E-state index in [1.54, 1.807) is 37.5 Å². The maximum Gasteiger partial charge on any atom is 0.416 e. The molecule has 0 spiro atoms. The van der Waals surface area contributed by atoms with Crippen molar-refractivity contribution in [2.75, 3.05) is 17.7 Å². The van der Waals surface area contributed by atoms with Crippen LogP contribution in [0.25, 0.3) is 22.3 Å². The van der Waals surface area contributed by atoms with Crippen LogP contribution in [0.5, 0.6) is 11.5 Å². The van der Waals surface area contributed by atoms with Gasteiger partial charge in [0.25, 0.3) is 0 Å². The van der Waals surface area contributed by atoms with Crippen molar-refractivity contribution in [1.82, 2.24) is 25.1 Å². The summed E-state index contributed by atoms with van der Waals surface area (Å²) in [7, 11) is 1.75. The van der Waals surface area contributed by atoms with Crippen LogP contribution < -0.4 is 15.4 Å². The first-order valence-electron chi connectivity index (χ1n) is 11.5. The third-order valence-electron chi connectivity index (χ3n) is 5.10. The zero-order chi connectivity index (χ0) is 26.4. The molecule has 0 amide bonds. The lowest BCUT2D eigenvalue weighted by atomic mass is 10.2. The molecule has 5 aromatic rings. The maximum absolute atomic E-state index is 12.9. The second kappa shape index (κ2) is 10.9. The highest BCUT2D eigenvalue weighted by Gasteiger charge is 2.30. The molecule has 0 aliphatic carbocycles. The number of rotatable bonds is 6. The standard InChI is InChI=1S/C24H18F3N7O.C2H6/c1-28-22-29-13-18-19(31-22)6-3-7-20(18)35-17-10-8-14(9-11-17)21-32-23(34-33-21)30-16-5-2-4-15(12-16)24(25,26)27;1-2/h2-13H,1H3,(H,28,29,31)(H2,30,32,33,34);1-2H3. The Kier molecular flexibility index (Phi) is 7.52. The maximum atomic E-state index is 12.9. The largest absolute Gasteiger partial charge is 0.457 e. The van der Waals surface area contributed by atoms with Crippen LogP contribution in [0.2, 0.25) is 0 Å². The van der Waals surface area contributed by atoms with Crippen molar-refractivity contribution in [3.63, 3.8) is 0 Å². The number of nitrogens with one attached hydrogen (secondary N) is 3. The van der Waals surface area contributed by atoms with Crippen LogP contribution in [0.15, 0.2) is 72.9 Å². The first-order chi connectivity index (χ1) is 17.9. The molecular formula is C26H24F3N7O. The first kappa shape index (κ1) is 25.4. The van der Waals surface area contributed by atoms with Crippen LogP contribution >= 0.6 is 0 Å². The van der Waals surface area contributed by atoms with Crippen LogP contribution in [0, 0.1) is 0 Å². The summed E-state index contributed by atoms with van der Waals surface area (Å²) in [5.74, 6) is 2.33. The fourth-order valence-electron chi connectivity index (χ4n) is 3.39. The van der Waals surface area contributed by atoms with Gasteiger partial charge in [-0.3, -0.25) is 5.10 Å². The van der Waals surface area contributed by atoms with Crippen LogP contribution in [0.1, 0.15) is 19.4 Å². The van der Waals surface area contributed by atoms with Crippen molar-refractivity contribution in [1.29, 1.82) is 0 Å². The van der Waals surface area contributed by atoms with Crippen LogP contribution in [0.4, 0.5) is 30.8 Å². The third-order valence-corrected chi connectivity index (χ3v) is 5.10. The first-order valence-corrected chi connectivity index (χ1v) is 11.5. The molecule has 0 aliphatic rings. The third kappa shape index (κ3) is 5.95. The van der Waals surface area contributed by atoms with E-state index in [-0.39, 0.29) is 11.6 Å². The highest BCUT2D eigenvalue weighted by Crippen LogP contribution is 2.32. The number of benzene rings is 3. The summed E-state index contributed by atoms with van der Waals surface area (Å²) in [6, 6.07) is 17.5. The van der Waals surface area contributed by atoms with Gasteiger partial charge in [-0.25, -0.2) is 9.97 Å². The van der Waals surface area contributed by atoms with Crippen LogP contribution in [-0.4, -0.2) is 32.2 Å². The Bertz CT molecular complexity index is 1480. The summed E-state index contributed by atoms with van der Waals surface area (Å²) < 4.78 is 44.8. The van der Waals surface area contributed by atoms with E-state index in [1.807, 2.05) is 32.0 Å². The van der Waals surface area contributed by atoms with E-state index in [2.05, 4.69) is 35.8 Å². The van der Waals surface area contributed by atoms with Gasteiger partial charge in [0.1, 0.15) is 11.5 Å². The van der Waals surface area contributed by atoms with E-state index in [0.717, 1.165) is 28.6 Å². The van der Waals surface area contributed by atoms with Gasteiger partial charge in [-0.15, -0.1) is 5.10 Å². The van der Waals surface area contributed by atoms with E-state index < -0.39 is 11.7 Å². The summed E-state index contributed by atoms with van der Waals surface area (Å²) in [5.41, 5.74) is 0.951. The van der Waals surface area contributed by atoms with E-state index in [1.165, 1.54) is 12.1 Å². The molecule has 0 saturated heterocycles. The molecule has 0 aliphatic heterocycles. The Morgan fingerprint density at radius 2 is 1.65 bits per heavy atom. The lowest BCUT2D eigenvalue weighted by molar-refractivity contribution is -0.137. The van der Waals surface area contributed by atoms with Crippen molar-refractivity contribution in [2.24, 2.45) is 0 Å². The molecule has 0 unspecified atom stereocenters. The van der Waals surface area contributed by atoms with Gasteiger partial charge in [-0.2, -0.15) is 18.2 Å². The molecule has 0 fully saturated rings. The minimum Gasteiger partial charge on any atom is -0.457 e. The predicted octanol–water partition coefficient (Wildman–Crippen LogP) is 7.04. The highest BCUT2D eigenvalue weighted by molar-refractivity contribution is 5.85. The number of hydrogen-bond donors (Lipinski definition) is 3. The molecular weight excluding hydrogens is 483 g/mol. The Morgan fingerprint density at radius 1 is 0.892 bits per heavy atom. The number of fused-ring (bicyclic) bond motifs is 1. The average Bonchev–Trinajstić information content (AvgIpc) is 3.38. The molecule has 0 atom stereocenters. The predicted molar refractivity (Wildman–Crippen MR) is 137 cm³/mol. The quantitative estimate of drug-likeness (QED) is 0.227. The Morgan fingerprint density at radius 3 is 2.38 bits per heavy atom. The van der Waals surface area contributed by atoms with E-state index in [4.69, 9.17) is 4.74 Å². The van der Waals surface area contributed by atoms with Gasteiger partial charge in [0.05, 0.1) is 16.5 Å². The van der Waals surface area contributed by atoms with Gasteiger partial charge in [0.2, 0.25) is 11.9 Å². The molecule has 5 rings (SSSR count). The SMILES string of the molecule is CC.CNc1ncc2c(Oc3ccc(-c4nc(Nc5cccc(C(F)(F)F)c5)n[nH]4)cc3)cccc2n1. The van der Waals surface area contributed by atoms with Gasteiger partial charge in [0.15, 0.2) is 5.82 Å². The number of aromatic nitrogens is 5. The average molecular weight is 508 g/mol. The van der Waals surface area contributed by atoms with E-state index in [0.29, 0.717) is 23.3 Å². The lowest BCUT2D eigenvalue weighted by Crippen LogP contribution is -2.05. The summed E-state index contributed by atoms with van der Waals surface area (Å²) in [5, 5.41) is 13.3. The molecule has 0 bridgehead atoms. The monoisotopic (exact) mass is 507 g/mol. The summed E-state index contributed by atoms with van der Waals surface area (Å²) in [6.07, 6.45) is -2.73. The summed E-state index contributed by atoms with van der Waals surface area (Å²) >= 11 is 0. The van der Waals surface area contributed by atoms with Crippen LogP contribution in [-0.2, 0) is 6.18 Å². The second-order valence-corrected chi connectivity index (χ2v) is 7.47. The summed E-state index contributed by atoms with van der Waals surface area (Å²) in [6.45, 7) is 4.00. The smallest absolute Gasteiger partial charge is 0.416 e. The number of hydrogen-bond acceptors (Lipinski definition) is 7. The van der Waals surface area contributed by atoms with Crippen molar-refractivity contribution in [3.05, 3.63) is 78.5 Å². The number of aromatic amines is 1. The number of alkyl halides is 3. The lowest BCUT2D eigenvalue weighted by Gasteiger charge is -2.09. The minimum absolute atomic E-state index is 0.149. The zero-order valence-electron chi connectivity index (χ0n) is 20.3. The van der Waals surface area contributed by atoms with Crippen molar-refractivity contribution in [2.45, 2.75) is 20.0 Å². The van der Waals surface area contributed by atoms with Gasteiger partial charge in [0, 0.05) is 24.5 Å². The summed E-state index contributed by atoms with van der Waals surface area (Å²) in [4.78, 5) is 13.0. The molecule has 2 heterocycles. The van der Waals surface area contributed by atoms with Gasteiger partial charge in [-0.1, -0.05) is 26.0 Å². The molecule has 0 saturated carbocycles. The van der Waals surface area contributed by atoms with Gasteiger partial charge >= 0.3 is 6.18 Å². The molecule has 3 aromatic carbocycles. The van der Waals surface area contributed by atoms with E-state index >= 15 is 0 Å². The van der Waals surface area contributed by atoms with Crippen molar-refractivity contribution < 1.29 is 17.9 Å². The van der Waals surface area contributed by atoms with Crippen LogP contribution in [0.3, 0.4) is 0 Å². The number of halogens is 3. The topological polar surface area (TPSA) is 101 Å². The highest BCUT2D eigenvalue weighted by atomic mass is 19.4. The van der Waals surface area contributed by atoms with Gasteiger partial charge in [-0.05, 0) is 54.6 Å². The fourth-order valence-corrected chi connectivity index (χ4v) is 3.39. The minimum atomic E-state index is -4.43. The zero-order valence-corrected chi connectivity index (χ0v) is 20.3.